The maximum absolute atomic E-state index is 14.3. The van der Waals surface area contributed by atoms with E-state index < -0.39 is 106 Å². The third-order valence-corrected chi connectivity index (χ3v) is 7.68. The van der Waals surface area contributed by atoms with Gasteiger partial charge < -0.3 is 15.5 Å². The Morgan fingerprint density at radius 3 is 2.38 bits per heavy atom. The van der Waals surface area contributed by atoms with Crippen LogP contribution in [0.3, 0.4) is 0 Å². The molecule has 10 heteroatoms. The van der Waals surface area contributed by atoms with E-state index in [0.29, 0.717) is 6.42 Å². The van der Waals surface area contributed by atoms with Crippen molar-refractivity contribution in [1.29, 1.82) is 0 Å². The highest BCUT2D eigenvalue weighted by Crippen LogP contribution is 2.30. The minimum absolute atomic E-state index is 0.0627. The molecule has 0 aromatic heterocycles. The van der Waals surface area contributed by atoms with Crippen LogP contribution in [0.25, 0.3) is 0 Å². The summed E-state index contributed by atoms with van der Waals surface area (Å²) >= 11 is 0. The standard InChI is InChI=1S/C29H41N3O6S/c1-21(33)30-24-16-15-23(17-24)19-31(39(37,38)25-13-9-6-10-14-25)20-27(34)26(18-22-11-7-5-8-12-22)32(28(35)36)29(2,3)4/h5-14,23-24,26-27,34H,15-20H2,1-4H3,(H,30,33)(H,35,36)/t23?,24?,26-,27+/m0/s1/i5D,7D,8D,11D,12D,18D2,20D2,26D,27D. The molecule has 4 atom stereocenters. The van der Waals surface area contributed by atoms with E-state index in [2.05, 4.69) is 5.32 Å². The molecule has 0 bridgehead atoms. The molecule has 0 heterocycles. The Morgan fingerprint density at radius 2 is 1.82 bits per heavy atom. The van der Waals surface area contributed by atoms with E-state index in [1.54, 1.807) is 0 Å². The number of rotatable bonds is 11. The summed E-state index contributed by atoms with van der Waals surface area (Å²) in [6.45, 7) is -0.236. The van der Waals surface area contributed by atoms with Gasteiger partial charge in [-0.25, -0.2) is 13.2 Å². The van der Waals surface area contributed by atoms with Gasteiger partial charge in [0.15, 0.2) is 0 Å². The van der Waals surface area contributed by atoms with E-state index in [1.807, 2.05) is 0 Å². The van der Waals surface area contributed by atoms with Crippen molar-refractivity contribution in [2.45, 2.75) is 81.9 Å². The highest BCUT2D eigenvalue weighted by atomic mass is 32.2. The minimum atomic E-state index is -5.10. The van der Waals surface area contributed by atoms with E-state index in [-0.39, 0.29) is 28.0 Å². The van der Waals surface area contributed by atoms with Crippen LogP contribution in [0, 0.1) is 5.92 Å². The molecule has 1 saturated carbocycles. The summed E-state index contributed by atoms with van der Waals surface area (Å²) in [5.41, 5.74) is -3.35. The zero-order valence-electron chi connectivity index (χ0n) is 33.2. The van der Waals surface area contributed by atoms with Gasteiger partial charge in [-0.05, 0) is 70.0 Å². The van der Waals surface area contributed by atoms with Gasteiger partial charge in [0.2, 0.25) is 15.9 Å². The van der Waals surface area contributed by atoms with Gasteiger partial charge in [-0.3, -0.25) is 9.69 Å². The topological polar surface area (TPSA) is 127 Å². The molecule has 2 aromatic rings. The molecule has 2 unspecified atom stereocenters. The monoisotopic (exact) mass is 570 g/mol. The van der Waals surface area contributed by atoms with Crippen molar-refractivity contribution in [3.05, 3.63) is 66.1 Å². The number of carbonyl (C=O) groups excluding carboxylic acids is 1. The van der Waals surface area contributed by atoms with Crippen LogP contribution in [0.1, 0.15) is 67.6 Å². The SMILES string of the molecule is [2H]c1c([2H])c([2H])c(C([2H])([2H])[C@]([2H])(N(C(=O)O)C(C)(C)C)[C@]([2H])(O)C([2H])([2H])N(CC2CCC(NC(C)=O)C2)S(=O)(=O)c2ccccc2)c([2H])c1[2H]. The molecule has 39 heavy (non-hydrogen) atoms. The lowest BCUT2D eigenvalue weighted by atomic mass is 9.94. The lowest BCUT2D eigenvalue weighted by Crippen LogP contribution is -2.58. The number of nitrogens with one attached hydrogen (secondary N) is 1. The van der Waals surface area contributed by atoms with Crippen molar-refractivity contribution in [2.24, 2.45) is 5.92 Å². The molecule has 9 nitrogen and oxygen atoms in total. The molecular weight excluding hydrogens is 518 g/mol. The van der Waals surface area contributed by atoms with E-state index >= 15 is 0 Å². The van der Waals surface area contributed by atoms with Crippen molar-refractivity contribution >= 4 is 22.0 Å². The third kappa shape index (κ3) is 8.27. The van der Waals surface area contributed by atoms with E-state index in [0.717, 1.165) is 32.9 Å². The summed E-state index contributed by atoms with van der Waals surface area (Å²) in [5, 5.41) is 25.3. The van der Waals surface area contributed by atoms with Crippen molar-refractivity contribution < 1.29 is 43.3 Å². The first-order valence-electron chi connectivity index (χ1n) is 17.8. The minimum Gasteiger partial charge on any atom is -0.465 e. The molecule has 0 saturated heterocycles. The first-order chi connectivity index (χ1) is 22.6. The third-order valence-electron chi connectivity index (χ3n) is 5.99. The van der Waals surface area contributed by atoms with E-state index in [9.17, 15) is 33.7 Å². The Hall–Kier alpha value is -2.95. The van der Waals surface area contributed by atoms with Crippen LogP contribution in [0.2, 0.25) is 0 Å². The summed E-state index contributed by atoms with van der Waals surface area (Å²) in [6.07, 6.45) is -9.97. The number of amides is 2. The van der Waals surface area contributed by atoms with Gasteiger partial charge in [-0.1, -0.05) is 48.4 Å². The van der Waals surface area contributed by atoms with E-state index in [1.165, 1.54) is 25.1 Å². The number of carboxylic acid groups (broad SMARTS) is 1. The number of nitrogens with zero attached hydrogens (tertiary/aromatic N) is 2. The largest absolute Gasteiger partial charge is 0.465 e. The highest BCUT2D eigenvalue weighted by Gasteiger charge is 2.40. The van der Waals surface area contributed by atoms with Crippen LogP contribution in [-0.4, -0.2) is 76.6 Å². The van der Waals surface area contributed by atoms with Crippen LogP contribution in [0.15, 0.2) is 65.4 Å². The number of sulfonamides is 1. The summed E-state index contributed by atoms with van der Waals surface area (Å²) < 4.78 is 125. The average Bonchev–Trinajstić information content (AvgIpc) is 3.43. The number of benzene rings is 2. The van der Waals surface area contributed by atoms with Gasteiger partial charge in [-0.2, -0.15) is 4.31 Å². The van der Waals surface area contributed by atoms with Crippen LogP contribution in [-0.2, 0) is 21.2 Å². The van der Waals surface area contributed by atoms with Crippen molar-refractivity contribution in [2.75, 3.05) is 13.0 Å². The molecular formula is C29H41N3O6S. The van der Waals surface area contributed by atoms with Crippen LogP contribution < -0.4 is 5.32 Å². The molecule has 1 aliphatic rings. The molecule has 1 aliphatic carbocycles. The Balaban J connectivity index is 2.44. The smallest absolute Gasteiger partial charge is 0.408 e. The molecule has 214 valence electrons. The highest BCUT2D eigenvalue weighted by molar-refractivity contribution is 7.89. The Bertz CT molecular complexity index is 1710. The summed E-state index contributed by atoms with van der Waals surface area (Å²) in [7, 11) is -5.10. The zero-order chi connectivity index (χ0) is 38.6. The Kier molecular flexibility index (Phi) is 6.11. The van der Waals surface area contributed by atoms with Gasteiger partial charge in [0, 0.05) is 37.0 Å². The molecule has 0 aliphatic heterocycles. The van der Waals surface area contributed by atoms with Gasteiger partial charge in [0.25, 0.3) is 0 Å². The molecule has 2 aromatic carbocycles. The normalized spacial score (nSPS) is 25.8. The molecule has 1 fully saturated rings. The average molecular weight is 571 g/mol. The number of hydrogen-bond acceptors (Lipinski definition) is 5. The molecule has 0 radical (unpaired) electrons. The number of carbonyl (C=O) groups is 2. The zero-order valence-corrected chi connectivity index (χ0v) is 23.0. The first-order valence-corrected chi connectivity index (χ1v) is 13.7. The number of hydrogen-bond donors (Lipinski definition) is 3. The fourth-order valence-electron chi connectivity index (χ4n) is 4.36. The second-order valence-electron chi connectivity index (χ2n) is 10.1. The summed E-state index contributed by atoms with van der Waals surface area (Å²) in [6, 6.07) is -4.11. The van der Waals surface area contributed by atoms with Crippen LogP contribution in [0.5, 0.6) is 0 Å². The Morgan fingerprint density at radius 1 is 1.18 bits per heavy atom. The quantitative estimate of drug-likeness (QED) is 0.378. The Labute approximate surface area is 247 Å². The van der Waals surface area contributed by atoms with Gasteiger partial charge in [0.1, 0.15) is 0 Å². The summed E-state index contributed by atoms with van der Waals surface area (Å²) in [4.78, 5) is 24.0. The summed E-state index contributed by atoms with van der Waals surface area (Å²) in [5.74, 6) is -1.09. The maximum Gasteiger partial charge on any atom is 0.408 e. The molecule has 0 spiro atoms. The lowest BCUT2D eigenvalue weighted by Gasteiger charge is -2.42. The molecule has 3 N–H and O–H groups in total. The first kappa shape index (κ1) is 18.4. The predicted molar refractivity (Wildman–Crippen MR) is 150 cm³/mol. The second-order valence-corrected chi connectivity index (χ2v) is 12.0. The lowest BCUT2D eigenvalue weighted by molar-refractivity contribution is -0.119. The van der Waals surface area contributed by atoms with Gasteiger partial charge >= 0.3 is 6.09 Å². The second kappa shape index (κ2) is 12.9. The fourth-order valence-corrected chi connectivity index (χ4v) is 5.73. The van der Waals surface area contributed by atoms with Crippen LogP contribution in [0.4, 0.5) is 4.79 Å². The molecule has 2 amide bonds. The van der Waals surface area contributed by atoms with Crippen molar-refractivity contribution in [1.82, 2.24) is 14.5 Å². The molecule has 3 rings (SSSR count). The maximum atomic E-state index is 14.3. The van der Waals surface area contributed by atoms with Crippen molar-refractivity contribution in [3.63, 3.8) is 0 Å². The van der Waals surface area contributed by atoms with Crippen molar-refractivity contribution in [3.8, 4) is 0 Å². The van der Waals surface area contributed by atoms with E-state index in [4.69, 9.17) is 9.60 Å². The predicted octanol–water partition coefficient (Wildman–Crippen LogP) is 3.73. The van der Waals surface area contributed by atoms with Gasteiger partial charge in [-0.15, -0.1) is 0 Å². The van der Waals surface area contributed by atoms with Gasteiger partial charge in [0.05, 0.1) is 26.6 Å². The van der Waals surface area contributed by atoms with Crippen LogP contribution >= 0.6 is 0 Å². The number of aliphatic hydroxyl groups is 1. The fraction of sp³-hybridized carbons (Fsp3) is 0.517.